The number of aromatic nitrogens is 2. The summed E-state index contributed by atoms with van der Waals surface area (Å²) in [4.78, 5) is 10.6. The second kappa shape index (κ2) is 5.07. The zero-order valence-corrected chi connectivity index (χ0v) is 9.77. The molecule has 0 spiro atoms. The van der Waals surface area contributed by atoms with Crippen LogP contribution in [0.3, 0.4) is 0 Å². The summed E-state index contributed by atoms with van der Waals surface area (Å²) in [7, 11) is 0. The summed E-state index contributed by atoms with van der Waals surface area (Å²) in [6.45, 7) is 8.92. The molecule has 1 rings (SSSR count). The van der Waals surface area contributed by atoms with Crippen molar-refractivity contribution in [3.05, 3.63) is 18.6 Å². The van der Waals surface area contributed by atoms with Gasteiger partial charge >= 0.3 is 0 Å². The second-order valence-electron chi connectivity index (χ2n) is 4.45. The fourth-order valence-corrected chi connectivity index (χ4v) is 1.39. The van der Waals surface area contributed by atoms with Gasteiger partial charge in [0.1, 0.15) is 5.82 Å². The first-order chi connectivity index (χ1) is 7.09. The highest BCUT2D eigenvalue weighted by Gasteiger charge is 2.20. The SMILES string of the molecule is CCN(CC(C)(C)CN)c1cnccn1. The molecule has 0 aromatic carbocycles. The molecule has 0 bridgehead atoms. The number of nitrogens with zero attached hydrogens (tertiary/aromatic N) is 3. The average Bonchev–Trinajstić information content (AvgIpc) is 2.27. The van der Waals surface area contributed by atoms with E-state index in [4.69, 9.17) is 5.73 Å². The maximum Gasteiger partial charge on any atom is 0.147 e. The molecule has 1 heterocycles. The predicted octanol–water partition coefficient (Wildman–Crippen LogP) is 1.29. The highest BCUT2D eigenvalue weighted by Crippen LogP contribution is 2.18. The molecule has 0 saturated heterocycles. The largest absolute Gasteiger partial charge is 0.355 e. The molecule has 1 aromatic rings. The molecule has 0 fully saturated rings. The maximum absolute atomic E-state index is 5.72. The van der Waals surface area contributed by atoms with Crippen molar-refractivity contribution in [1.29, 1.82) is 0 Å². The van der Waals surface area contributed by atoms with Gasteiger partial charge in [0.25, 0.3) is 0 Å². The van der Waals surface area contributed by atoms with Crippen LogP contribution in [0.1, 0.15) is 20.8 Å². The highest BCUT2D eigenvalue weighted by molar-refractivity contribution is 5.35. The molecule has 84 valence electrons. The number of hydrogen-bond acceptors (Lipinski definition) is 4. The molecule has 15 heavy (non-hydrogen) atoms. The minimum atomic E-state index is 0.105. The standard InChI is InChI=1S/C11H20N4/c1-4-15(9-11(2,3)8-12)10-7-13-5-6-14-10/h5-7H,4,8-9,12H2,1-3H3. The van der Waals surface area contributed by atoms with Crippen LogP contribution in [-0.2, 0) is 0 Å². The van der Waals surface area contributed by atoms with E-state index in [9.17, 15) is 0 Å². The first-order valence-corrected chi connectivity index (χ1v) is 5.30. The van der Waals surface area contributed by atoms with Crippen LogP contribution >= 0.6 is 0 Å². The van der Waals surface area contributed by atoms with E-state index in [0.717, 1.165) is 18.9 Å². The molecular formula is C11H20N4. The van der Waals surface area contributed by atoms with Crippen molar-refractivity contribution < 1.29 is 0 Å². The van der Waals surface area contributed by atoms with Crippen LogP contribution in [0, 0.1) is 5.41 Å². The molecule has 0 amide bonds. The molecule has 0 radical (unpaired) electrons. The van der Waals surface area contributed by atoms with E-state index in [1.54, 1.807) is 18.6 Å². The molecule has 0 unspecified atom stereocenters. The normalized spacial score (nSPS) is 11.5. The molecule has 0 atom stereocenters. The third-order valence-electron chi connectivity index (χ3n) is 2.43. The summed E-state index contributed by atoms with van der Waals surface area (Å²) in [5, 5.41) is 0. The number of nitrogens with two attached hydrogens (primary N) is 1. The van der Waals surface area contributed by atoms with Gasteiger partial charge in [-0.1, -0.05) is 13.8 Å². The van der Waals surface area contributed by atoms with Gasteiger partial charge in [-0.3, -0.25) is 4.98 Å². The smallest absolute Gasteiger partial charge is 0.147 e. The topological polar surface area (TPSA) is 55.0 Å². The second-order valence-corrected chi connectivity index (χ2v) is 4.45. The van der Waals surface area contributed by atoms with Gasteiger partial charge in [-0.2, -0.15) is 0 Å². The van der Waals surface area contributed by atoms with E-state index < -0.39 is 0 Å². The van der Waals surface area contributed by atoms with Crippen molar-refractivity contribution in [3.63, 3.8) is 0 Å². The summed E-state index contributed by atoms with van der Waals surface area (Å²) >= 11 is 0. The summed E-state index contributed by atoms with van der Waals surface area (Å²) < 4.78 is 0. The van der Waals surface area contributed by atoms with Gasteiger partial charge in [-0.05, 0) is 18.9 Å². The molecular weight excluding hydrogens is 188 g/mol. The van der Waals surface area contributed by atoms with Crippen molar-refractivity contribution in [2.24, 2.45) is 11.1 Å². The minimum absolute atomic E-state index is 0.105. The lowest BCUT2D eigenvalue weighted by Crippen LogP contribution is -2.39. The van der Waals surface area contributed by atoms with Crippen molar-refractivity contribution >= 4 is 5.82 Å². The zero-order chi connectivity index (χ0) is 11.3. The van der Waals surface area contributed by atoms with E-state index >= 15 is 0 Å². The molecule has 4 heteroatoms. The average molecular weight is 208 g/mol. The Morgan fingerprint density at radius 1 is 1.40 bits per heavy atom. The van der Waals surface area contributed by atoms with E-state index in [1.807, 2.05) is 0 Å². The summed E-state index contributed by atoms with van der Waals surface area (Å²) in [5.74, 6) is 0.918. The van der Waals surface area contributed by atoms with Gasteiger partial charge in [0.05, 0.1) is 6.20 Å². The minimum Gasteiger partial charge on any atom is -0.355 e. The van der Waals surface area contributed by atoms with Crippen molar-refractivity contribution in [1.82, 2.24) is 9.97 Å². The van der Waals surface area contributed by atoms with E-state index in [2.05, 4.69) is 35.6 Å². The van der Waals surface area contributed by atoms with E-state index in [1.165, 1.54) is 0 Å². The van der Waals surface area contributed by atoms with Gasteiger partial charge in [-0.15, -0.1) is 0 Å². The van der Waals surface area contributed by atoms with Gasteiger partial charge in [0, 0.05) is 25.5 Å². The monoisotopic (exact) mass is 208 g/mol. The van der Waals surface area contributed by atoms with E-state index in [0.29, 0.717) is 6.54 Å². The molecule has 0 aliphatic heterocycles. The highest BCUT2D eigenvalue weighted by atomic mass is 15.2. The Bertz CT molecular complexity index is 284. The lowest BCUT2D eigenvalue weighted by Gasteiger charge is -2.31. The molecule has 2 N–H and O–H groups in total. The van der Waals surface area contributed by atoms with Crippen LogP contribution in [-0.4, -0.2) is 29.6 Å². The van der Waals surface area contributed by atoms with Crippen LogP contribution < -0.4 is 10.6 Å². The molecule has 0 aliphatic carbocycles. The molecule has 4 nitrogen and oxygen atoms in total. The Morgan fingerprint density at radius 3 is 2.60 bits per heavy atom. The van der Waals surface area contributed by atoms with Crippen molar-refractivity contribution in [3.8, 4) is 0 Å². The molecule has 0 aliphatic rings. The summed E-state index contributed by atoms with van der Waals surface area (Å²) in [6, 6.07) is 0. The lowest BCUT2D eigenvalue weighted by molar-refractivity contribution is 0.378. The van der Waals surface area contributed by atoms with Crippen molar-refractivity contribution in [2.75, 3.05) is 24.5 Å². The third-order valence-corrected chi connectivity index (χ3v) is 2.43. The Labute approximate surface area is 91.5 Å². The predicted molar refractivity (Wildman–Crippen MR) is 62.8 cm³/mol. The van der Waals surface area contributed by atoms with Gasteiger partial charge < -0.3 is 10.6 Å². The Hall–Kier alpha value is -1.16. The Kier molecular flexibility index (Phi) is 4.03. The fraction of sp³-hybridized carbons (Fsp3) is 0.636. The first-order valence-electron chi connectivity index (χ1n) is 5.30. The Balaban J connectivity index is 2.73. The Morgan fingerprint density at radius 2 is 2.13 bits per heavy atom. The molecule has 1 aromatic heterocycles. The summed E-state index contributed by atoms with van der Waals surface area (Å²) in [5.41, 5.74) is 5.83. The third kappa shape index (κ3) is 3.47. The van der Waals surface area contributed by atoms with Gasteiger partial charge in [0.15, 0.2) is 0 Å². The van der Waals surface area contributed by atoms with E-state index in [-0.39, 0.29) is 5.41 Å². The first kappa shape index (κ1) is 11.9. The molecule has 0 saturated carbocycles. The number of hydrogen-bond donors (Lipinski definition) is 1. The fourth-order valence-electron chi connectivity index (χ4n) is 1.39. The number of rotatable bonds is 5. The van der Waals surface area contributed by atoms with Crippen molar-refractivity contribution in [2.45, 2.75) is 20.8 Å². The number of anilines is 1. The van der Waals surface area contributed by atoms with Crippen LogP contribution in [0.15, 0.2) is 18.6 Å². The van der Waals surface area contributed by atoms with Crippen LogP contribution in [0.25, 0.3) is 0 Å². The quantitative estimate of drug-likeness (QED) is 0.792. The van der Waals surface area contributed by atoms with Crippen LogP contribution in [0.4, 0.5) is 5.82 Å². The van der Waals surface area contributed by atoms with Gasteiger partial charge in [0.2, 0.25) is 0 Å². The van der Waals surface area contributed by atoms with Crippen LogP contribution in [0.5, 0.6) is 0 Å². The van der Waals surface area contributed by atoms with Gasteiger partial charge in [-0.25, -0.2) is 4.98 Å². The van der Waals surface area contributed by atoms with Crippen LogP contribution in [0.2, 0.25) is 0 Å². The zero-order valence-electron chi connectivity index (χ0n) is 9.77. The lowest BCUT2D eigenvalue weighted by atomic mass is 9.93. The summed E-state index contributed by atoms with van der Waals surface area (Å²) in [6.07, 6.45) is 5.19. The maximum atomic E-state index is 5.72.